The highest BCUT2D eigenvalue weighted by atomic mass is 32.1. The molecule has 1 aromatic heterocycles. The normalized spacial score (nSPS) is 10.3. The molecule has 0 spiro atoms. The Morgan fingerprint density at radius 2 is 2.10 bits per heavy atom. The van der Waals surface area contributed by atoms with E-state index in [1.165, 1.54) is 4.88 Å². The van der Waals surface area contributed by atoms with Gasteiger partial charge in [-0.15, -0.1) is 11.3 Å². The standard InChI is InChI=1S/C15H18N2O2S/c1-11-14(20-10-17-11)7-8-16-15(18)9-12-3-5-13(19-2)6-4-12/h3-6,10H,7-9H2,1-2H3,(H,16,18). The van der Waals surface area contributed by atoms with Gasteiger partial charge in [-0.3, -0.25) is 4.79 Å². The average Bonchev–Trinajstić information content (AvgIpc) is 2.85. The topological polar surface area (TPSA) is 51.2 Å². The second-order valence-electron chi connectivity index (χ2n) is 4.49. The van der Waals surface area contributed by atoms with Crippen molar-refractivity contribution < 1.29 is 9.53 Å². The van der Waals surface area contributed by atoms with Crippen LogP contribution < -0.4 is 10.1 Å². The summed E-state index contributed by atoms with van der Waals surface area (Å²) in [7, 11) is 1.63. The lowest BCUT2D eigenvalue weighted by Crippen LogP contribution is -2.27. The number of benzene rings is 1. The number of nitrogens with one attached hydrogen (secondary N) is 1. The molecule has 106 valence electrons. The molecule has 2 aromatic rings. The van der Waals surface area contributed by atoms with Crippen molar-refractivity contribution in [2.75, 3.05) is 13.7 Å². The second-order valence-corrected chi connectivity index (χ2v) is 5.43. The molecule has 0 aliphatic heterocycles. The van der Waals surface area contributed by atoms with Crippen molar-refractivity contribution in [2.24, 2.45) is 0 Å². The predicted molar refractivity (Wildman–Crippen MR) is 80.3 cm³/mol. The van der Waals surface area contributed by atoms with Gasteiger partial charge in [0.25, 0.3) is 0 Å². The van der Waals surface area contributed by atoms with E-state index in [-0.39, 0.29) is 5.91 Å². The van der Waals surface area contributed by atoms with Gasteiger partial charge >= 0.3 is 0 Å². The van der Waals surface area contributed by atoms with Crippen LogP contribution in [0.3, 0.4) is 0 Å². The zero-order valence-corrected chi connectivity index (χ0v) is 12.5. The molecule has 0 fully saturated rings. The van der Waals surface area contributed by atoms with E-state index in [1.54, 1.807) is 18.4 Å². The Morgan fingerprint density at radius 1 is 1.35 bits per heavy atom. The number of hydrogen-bond acceptors (Lipinski definition) is 4. The highest BCUT2D eigenvalue weighted by molar-refractivity contribution is 7.09. The molecule has 1 amide bonds. The summed E-state index contributed by atoms with van der Waals surface area (Å²) in [6.45, 7) is 2.64. The molecule has 4 nitrogen and oxygen atoms in total. The molecule has 1 heterocycles. The number of carbonyl (C=O) groups is 1. The molecule has 2 rings (SSSR count). The van der Waals surface area contributed by atoms with Crippen LogP contribution in [0.1, 0.15) is 16.1 Å². The van der Waals surface area contributed by atoms with Gasteiger partial charge in [0.1, 0.15) is 5.75 Å². The summed E-state index contributed by atoms with van der Waals surface area (Å²) in [6.07, 6.45) is 1.23. The largest absolute Gasteiger partial charge is 0.497 e. The maximum Gasteiger partial charge on any atom is 0.224 e. The molecule has 20 heavy (non-hydrogen) atoms. The van der Waals surface area contributed by atoms with E-state index < -0.39 is 0 Å². The van der Waals surface area contributed by atoms with E-state index >= 15 is 0 Å². The number of ether oxygens (including phenoxy) is 1. The summed E-state index contributed by atoms with van der Waals surface area (Å²) < 4.78 is 5.09. The summed E-state index contributed by atoms with van der Waals surface area (Å²) in [4.78, 5) is 17.2. The molecule has 0 unspecified atom stereocenters. The molecule has 0 saturated heterocycles. The number of aryl methyl sites for hydroxylation is 1. The Balaban J connectivity index is 1.76. The van der Waals surface area contributed by atoms with Crippen molar-refractivity contribution in [2.45, 2.75) is 19.8 Å². The van der Waals surface area contributed by atoms with Crippen LogP contribution in [0, 0.1) is 6.92 Å². The molecular weight excluding hydrogens is 272 g/mol. The molecule has 0 aliphatic rings. The third kappa shape index (κ3) is 4.06. The van der Waals surface area contributed by atoms with Crippen molar-refractivity contribution in [3.05, 3.63) is 45.9 Å². The van der Waals surface area contributed by atoms with Crippen LogP contribution in [0.15, 0.2) is 29.8 Å². The van der Waals surface area contributed by atoms with E-state index in [9.17, 15) is 4.79 Å². The van der Waals surface area contributed by atoms with E-state index in [0.717, 1.165) is 23.4 Å². The molecule has 1 N–H and O–H groups in total. The van der Waals surface area contributed by atoms with Crippen LogP contribution in [-0.2, 0) is 17.6 Å². The van der Waals surface area contributed by atoms with Gasteiger partial charge in [0.15, 0.2) is 0 Å². The highest BCUT2D eigenvalue weighted by Gasteiger charge is 2.05. The van der Waals surface area contributed by atoms with Gasteiger partial charge in [0, 0.05) is 17.8 Å². The average molecular weight is 290 g/mol. The van der Waals surface area contributed by atoms with Crippen LogP contribution >= 0.6 is 11.3 Å². The number of nitrogens with zero attached hydrogens (tertiary/aromatic N) is 1. The molecule has 0 bridgehead atoms. The van der Waals surface area contributed by atoms with E-state index in [1.807, 2.05) is 36.7 Å². The van der Waals surface area contributed by atoms with Crippen LogP contribution in [0.2, 0.25) is 0 Å². The highest BCUT2D eigenvalue weighted by Crippen LogP contribution is 2.13. The molecule has 1 aromatic carbocycles. The third-order valence-corrected chi connectivity index (χ3v) is 4.04. The monoisotopic (exact) mass is 290 g/mol. The number of carbonyl (C=O) groups excluding carboxylic acids is 1. The van der Waals surface area contributed by atoms with E-state index in [0.29, 0.717) is 13.0 Å². The number of thiazole rings is 1. The fraction of sp³-hybridized carbons (Fsp3) is 0.333. The summed E-state index contributed by atoms with van der Waals surface area (Å²) in [5.41, 5.74) is 3.88. The van der Waals surface area contributed by atoms with Crippen LogP contribution in [0.4, 0.5) is 0 Å². The number of aromatic nitrogens is 1. The predicted octanol–water partition coefficient (Wildman–Crippen LogP) is 2.36. The lowest BCUT2D eigenvalue weighted by atomic mass is 10.1. The first kappa shape index (κ1) is 14.5. The zero-order chi connectivity index (χ0) is 14.4. The van der Waals surface area contributed by atoms with E-state index in [2.05, 4.69) is 10.3 Å². The number of amides is 1. The van der Waals surface area contributed by atoms with Crippen molar-refractivity contribution in [1.82, 2.24) is 10.3 Å². The summed E-state index contributed by atoms with van der Waals surface area (Å²) >= 11 is 1.63. The summed E-state index contributed by atoms with van der Waals surface area (Å²) in [5.74, 6) is 0.840. The lowest BCUT2D eigenvalue weighted by molar-refractivity contribution is -0.120. The third-order valence-electron chi connectivity index (χ3n) is 3.04. The van der Waals surface area contributed by atoms with Crippen LogP contribution in [0.5, 0.6) is 5.75 Å². The van der Waals surface area contributed by atoms with Gasteiger partial charge in [-0.1, -0.05) is 12.1 Å². The molecule has 0 atom stereocenters. The Kier molecular flexibility index (Phi) is 5.12. The summed E-state index contributed by atoms with van der Waals surface area (Å²) in [5, 5.41) is 2.93. The van der Waals surface area contributed by atoms with Crippen molar-refractivity contribution in [1.29, 1.82) is 0 Å². The first-order valence-corrected chi connectivity index (χ1v) is 7.35. The van der Waals surface area contributed by atoms with Gasteiger partial charge in [-0.25, -0.2) is 4.98 Å². The van der Waals surface area contributed by atoms with Gasteiger partial charge in [-0.05, 0) is 24.6 Å². The first-order chi connectivity index (χ1) is 9.69. The van der Waals surface area contributed by atoms with Gasteiger partial charge < -0.3 is 10.1 Å². The fourth-order valence-electron chi connectivity index (χ4n) is 1.87. The zero-order valence-electron chi connectivity index (χ0n) is 11.7. The maximum atomic E-state index is 11.8. The molecular formula is C15H18N2O2S. The smallest absolute Gasteiger partial charge is 0.224 e. The Hall–Kier alpha value is -1.88. The molecule has 0 saturated carbocycles. The number of hydrogen-bond donors (Lipinski definition) is 1. The van der Waals surface area contributed by atoms with Crippen molar-refractivity contribution in [3.63, 3.8) is 0 Å². The fourth-order valence-corrected chi connectivity index (χ4v) is 2.65. The lowest BCUT2D eigenvalue weighted by Gasteiger charge is -2.06. The molecule has 0 radical (unpaired) electrons. The van der Waals surface area contributed by atoms with Gasteiger partial charge in [0.2, 0.25) is 5.91 Å². The quantitative estimate of drug-likeness (QED) is 0.888. The SMILES string of the molecule is COc1ccc(CC(=O)NCCc2scnc2C)cc1. The minimum Gasteiger partial charge on any atom is -0.497 e. The van der Waals surface area contributed by atoms with Gasteiger partial charge in [0.05, 0.1) is 24.7 Å². The second kappa shape index (κ2) is 7.05. The molecule has 5 heteroatoms. The van der Waals surface area contributed by atoms with E-state index in [4.69, 9.17) is 4.74 Å². The number of rotatable bonds is 6. The number of methoxy groups -OCH3 is 1. The Morgan fingerprint density at radius 3 is 2.70 bits per heavy atom. The minimum atomic E-state index is 0.0392. The van der Waals surface area contributed by atoms with Crippen molar-refractivity contribution in [3.8, 4) is 5.75 Å². The Bertz CT molecular complexity index is 564. The summed E-state index contributed by atoms with van der Waals surface area (Å²) in [6, 6.07) is 7.55. The maximum absolute atomic E-state index is 11.8. The first-order valence-electron chi connectivity index (χ1n) is 6.47. The van der Waals surface area contributed by atoms with Crippen LogP contribution in [0.25, 0.3) is 0 Å². The van der Waals surface area contributed by atoms with Gasteiger partial charge in [-0.2, -0.15) is 0 Å². The minimum absolute atomic E-state index is 0.0392. The Labute approximate surface area is 122 Å². The molecule has 0 aliphatic carbocycles. The van der Waals surface area contributed by atoms with Crippen LogP contribution in [-0.4, -0.2) is 24.5 Å². The van der Waals surface area contributed by atoms with Crippen molar-refractivity contribution >= 4 is 17.2 Å².